The highest BCUT2D eigenvalue weighted by Gasteiger charge is 2.35. The second-order valence-electron chi connectivity index (χ2n) is 4.29. The molecule has 0 aliphatic carbocycles. The second kappa shape index (κ2) is 5.24. The average molecular weight is 272 g/mol. The number of hydrogen-bond acceptors (Lipinski definition) is 4. The quantitative estimate of drug-likeness (QED) is 0.683. The molecule has 0 bridgehead atoms. The molecule has 2 heterocycles. The summed E-state index contributed by atoms with van der Waals surface area (Å²) in [6.45, 7) is 0.790. The van der Waals surface area contributed by atoms with E-state index in [1.54, 1.807) is 12.3 Å². The smallest absolute Gasteiger partial charge is 0.302 e. The Labute approximate surface area is 105 Å². The van der Waals surface area contributed by atoms with Gasteiger partial charge in [0.1, 0.15) is 5.76 Å². The van der Waals surface area contributed by atoms with Crippen LogP contribution in [0.5, 0.6) is 0 Å². The minimum absolute atomic E-state index is 0.305. The van der Waals surface area contributed by atoms with Crippen LogP contribution in [0.2, 0.25) is 0 Å². The molecule has 0 aromatic carbocycles. The molecule has 1 fully saturated rings. The summed E-state index contributed by atoms with van der Waals surface area (Å²) >= 11 is 0. The molecule has 1 aliphatic heterocycles. The molecule has 1 saturated heterocycles. The molecule has 8 heteroatoms. The van der Waals surface area contributed by atoms with Gasteiger partial charge in [-0.15, -0.1) is 0 Å². The van der Waals surface area contributed by atoms with Crippen LogP contribution in [0.4, 0.5) is 0 Å². The third-order valence-corrected chi connectivity index (χ3v) is 4.05. The molecule has 0 saturated carbocycles. The Morgan fingerprint density at radius 3 is 2.94 bits per heavy atom. The Hall–Kier alpha value is -1.14. The van der Waals surface area contributed by atoms with Crippen molar-refractivity contribution in [2.75, 3.05) is 6.54 Å². The topological polar surface area (TPSA) is 115 Å². The Balaban J connectivity index is 1.96. The summed E-state index contributed by atoms with van der Waals surface area (Å²) in [4.78, 5) is 12.0. The molecule has 0 unspecified atom stereocenters. The van der Waals surface area contributed by atoms with Crippen molar-refractivity contribution in [2.45, 2.75) is 25.4 Å². The fraction of sp³-hybridized carbons (Fsp3) is 0.500. The molecule has 1 aromatic rings. The number of piperidine rings is 1. The fourth-order valence-electron chi connectivity index (χ4n) is 2.00. The number of furan rings is 1. The van der Waals surface area contributed by atoms with Gasteiger partial charge in [-0.2, -0.15) is 0 Å². The zero-order valence-electron chi connectivity index (χ0n) is 9.91. The first-order valence-electron chi connectivity index (χ1n) is 5.73. The van der Waals surface area contributed by atoms with Crippen LogP contribution in [0.15, 0.2) is 22.8 Å². The summed E-state index contributed by atoms with van der Waals surface area (Å²) < 4.78 is 17.8. The largest absolute Gasteiger partial charge is 0.468 e. The van der Waals surface area contributed by atoms with E-state index in [0.29, 0.717) is 19.5 Å². The van der Waals surface area contributed by atoms with E-state index in [4.69, 9.17) is 15.4 Å². The fourth-order valence-corrected chi connectivity index (χ4v) is 2.90. The summed E-state index contributed by atoms with van der Waals surface area (Å²) in [5, 5.41) is 3.06. The zero-order valence-corrected chi connectivity index (χ0v) is 10.8. The van der Waals surface area contributed by atoms with Gasteiger partial charge in [-0.25, -0.2) is 0 Å². The Bertz CT molecular complexity index is 456. The van der Waals surface area contributed by atoms with E-state index in [1.165, 1.54) is 0 Å². The molecule has 1 amide bonds. The van der Waals surface area contributed by atoms with Crippen molar-refractivity contribution in [1.82, 2.24) is 9.99 Å². The predicted molar refractivity (Wildman–Crippen MR) is 66.3 cm³/mol. The number of nitrogens with one attached hydrogen (secondary N) is 1. The molecule has 0 spiro atoms. The number of carbonyl (C=O) groups is 1. The van der Waals surface area contributed by atoms with Gasteiger partial charge in [0.15, 0.2) is 0 Å². The van der Waals surface area contributed by atoms with E-state index >= 15 is 0 Å². The Morgan fingerprint density at radius 1 is 1.56 bits per heavy atom. The standard InChI is InChI=1S/C10H17N4O3P/c11-18(12,16)14-5-1-4-9(10(14)15)13-7-8-3-2-6-17-8/h2-3,6,9,13H,1,4-5,7H2,(H4,11,12,16)/t9-/m0/s1. The van der Waals surface area contributed by atoms with Crippen molar-refractivity contribution in [1.29, 1.82) is 0 Å². The maximum absolute atomic E-state index is 12.0. The highest BCUT2D eigenvalue weighted by atomic mass is 31.2. The number of nitrogens with zero attached hydrogens (tertiary/aromatic N) is 1. The number of rotatable bonds is 4. The molecule has 2 rings (SSSR count). The molecule has 7 nitrogen and oxygen atoms in total. The van der Waals surface area contributed by atoms with E-state index in [9.17, 15) is 9.36 Å². The van der Waals surface area contributed by atoms with Crippen LogP contribution in [-0.2, 0) is 15.9 Å². The number of nitrogens with two attached hydrogens (primary N) is 2. The van der Waals surface area contributed by atoms with E-state index in [-0.39, 0.29) is 5.91 Å². The minimum atomic E-state index is -3.50. The van der Waals surface area contributed by atoms with Crippen molar-refractivity contribution in [2.24, 2.45) is 11.0 Å². The zero-order chi connectivity index (χ0) is 13.2. The summed E-state index contributed by atoms with van der Waals surface area (Å²) in [5.41, 5.74) is 10.7. The molecular formula is C10H17N4O3P. The summed E-state index contributed by atoms with van der Waals surface area (Å²) in [6, 6.07) is 3.18. The van der Waals surface area contributed by atoms with E-state index in [1.807, 2.05) is 6.07 Å². The average Bonchev–Trinajstić information content (AvgIpc) is 2.79. The lowest BCUT2D eigenvalue weighted by Gasteiger charge is -2.34. The molecule has 18 heavy (non-hydrogen) atoms. The van der Waals surface area contributed by atoms with Gasteiger partial charge in [-0.3, -0.25) is 30.4 Å². The molecule has 1 aromatic heterocycles. The van der Waals surface area contributed by atoms with Crippen molar-refractivity contribution in [3.63, 3.8) is 0 Å². The van der Waals surface area contributed by atoms with E-state index in [0.717, 1.165) is 16.9 Å². The van der Waals surface area contributed by atoms with Crippen LogP contribution >= 0.6 is 7.59 Å². The number of hydrogen-bond donors (Lipinski definition) is 3. The Morgan fingerprint density at radius 2 is 2.33 bits per heavy atom. The van der Waals surface area contributed by atoms with Gasteiger partial charge in [0, 0.05) is 6.54 Å². The third-order valence-electron chi connectivity index (χ3n) is 2.90. The predicted octanol–water partition coefficient (Wildman–Crippen LogP) is 0.386. The Kier molecular flexibility index (Phi) is 3.87. The highest BCUT2D eigenvalue weighted by Crippen LogP contribution is 2.35. The van der Waals surface area contributed by atoms with Gasteiger partial charge >= 0.3 is 7.59 Å². The number of carbonyl (C=O) groups excluding carboxylic acids is 1. The first-order chi connectivity index (χ1) is 8.48. The molecular weight excluding hydrogens is 255 g/mol. The lowest BCUT2D eigenvalue weighted by molar-refractivity contribution is -0.130. The van der Waals surface area contributed by atoms with Gasteiger partial charge in [0.2, 0.25) is 5.91 Å². The first kappa shape index (κ1) is 13.3. The van der Waals surface area contributed by atoms with Crippen LogP contribution in [0.1, 0.15) is 18.6 Å². The van der Waals surface area contributed by atoms with Crippen LogP contribution in [0.3, 0.4) is 0 Å². The van der Waals surface area contributed by atoms with Crippen molar-refractivity contribution >= 4 is 13.5 Å². The monoisotopic (exact) mass is 272 g/mol. The SMILES string of the molecule is NP(N)(=O)N1CCC[C@H](NCc2ccco2)C1=O. The van der Waals surface area contributed by atoms with Crippen molar-refractivity contribution in [3.8, 4) is 0 Å². The van der Waals surface area contributed by atoms with E-state index in [2.05, 4.69) is 5.32 Å². The van der Waals surface area contributed by atoms with Crippen LogP contribution in [-0.4, -0.2) is 23.2 Å². The van der Waals surface area contributed by atoms with Gasteiger partial charge < -0.3 is 4.42 Å². The molecule has 1 atom stereocenters. The second-order valence-corrected chi connectivity index (χ2v) is 6.12. The van der Waals surface area contributed by atoms with Gasteiger partial charge in [-0.1, -0.05) is 0 Å². The van der Waals surface area contributed by atoms with Crippen molar-refractivity contribution < 1.29 is 13.8 Å². The maximum Gasteiger partial charge on any atom is 0.302 e. The molecule has 0 radical (unpaired) electrons. The molecule has 5 N–H and O–H groups in total. The van der Waals surface area contributed by atoms with Gasteiger partial charge in [-0.05, 0) is 25.0 Å². The van der Waals surface area contributed by atoms with Crippen LogP contribution in [0.25, 0.3) is 0 Å². The lowest BCUT2D eigenvalue weighted by atomic mass is 10.1. The highest BCUT2D eigenvalue weighted by molar-refractivity contribution is 7.57. The van der Waals surface area contributed by atoms with Crippen LogP contribution in [0, 0.1) is 0 Å². The lowest BCUT2D eigenvalue weighted by Crippen LogP contribution is -2.50. The maximum atomic E-state index is 12.0. The molecule has 1 aliphatic rings. The van der Waals surface area contributed by atoms with Crippen molar-refractivity contribution in [3.05, 3.63) is 24.2 Å². The first-order valence-corrected chi connectivity index (χ1v) is 7.53. The van der Waals surface area contributed by atoms with Crippen LogP contribution < -0.4 is 16.3 Å². The molecule has 100 valence electrons. The summed E-state index contributed by atoms with van der Waals surface area (Å²) in [6.07, 6.45) is 2.97. The summed E-state index contributed by atoms with van der Waals surface area (Å²) in [7, 11) is -3.50. The normalized spacial score (nSPS) is 21.3. The third kappa shape index (κ3) is 3.00. The van der Waals surface area contributed by atoms with Gasteiger partial charge in [0.25, 0.3) is 0 Å². The number of amides is 1. The van der Waals surface area contributed by atoms with E-state index < -0.39 is 13.6 Å². The van der Waals surface area contributed by atoms with Gasteiger partial charge in [0.05, 0.1) is 18.8 Å². The minimum Gasteiger partial charge on any atom is -0.468 e. The summed E-state index contributed by atoms with van der Waals surface area (Å²) in [5.74, 6) is 0.435.